The highest BCUT2D eigenvalue weighted by Gasteiger charge is 2.19. The topological polar surface area (TPSA) is 59.5 Å². The van der Waals surface area contributed by atoms with Crippen LogP contribution in [0.5, 0.6) is 0 Å². The van der Waals surface area contributed by atoms with E-state index in [-0.39, 0.29) is 28.1 Å². The Morgan fingerprint density at radius 2 is 1.74 bits per heavy atom. The van der Waals surface area contributed by atoms with Crippen molar-refractivity contribution >= 4 is 57.2 Å². The maximum Gasteiger partial charge on any atom is 0.341 e. The average Bonchev–Trinajstić information content (AvgIpc) is 3.09. The molecule has 0 atom stereocenters. The molecular formula is C19H14Cl2N2O3S. The first-order valence-electron chi connectivity index (χ1n) is 7.88. The summed E-state index contributed by atoms with van der Waals surface area (Å²) in [6.45, 7) is 1.41. The van der Waals surface area contributed by atoms with Crippen LogP contribution in [0, 0.1) is 0 Å². The van der Waals surface area contributed by atoms with Crippen molar-refractivity contribution in [3.63, 3.8) is 0 Å². The molecule has 0 N–H and O–H groups in total. The zero-order valence-electron chi connectivity index (χ0n) is 14.2. The van der Waals surface area contributed by atoms with Crippen LogP contribution in [-0.4, -0.2) is 16.9 Å². The van der Waals surface area contributed by atoms with Crippen LogP contribution >= 0.6 is 34.5 Å². The minimum Gasteiger partial charge on any atom is -0.455 e. The van der Waals surface area contributed by atoms with Gasteiger partial charge >= 0.3 is 5.97 Å². The SMILES string of the molecule is CC(=O)N(c1ccccc1)c1nc(COC(=O)c2c(Cl)cccc2Cl)cs1. The number of para-hydroxylation sites is 1. The Labute approximate surface area is 170 Å². The van der Waals surface area contributed by atoms with Crippen molar-refractivity contribution < 1.29 is 14.3 Å². The maximum atomic E-state index is 12.3. The van der Waals surface area contributed by atoms with Crippen molar-refractivity contribution in [3.05, 3.63) is 75.2 Å². The molecule has 3 aromatic rings. The molecule has 8 heteroatoms. The number of hydrogen-bond acceptors (Lipinski definition) is 5. The molecule has 0 saturated heterocycles. The van der Waals surface area contributed by atoms with E-state index in [1.165, 1.54) is 23.2 Å². The first kappa shape index (κ1) is 19.4. The number of benzene rings is 2. The van der Waals surface area contributed by atoms with Crippen molar-refractivity contribution in [2.24, 2.45) is 0 Å². The molecule has 0 radical (unpaired) electrons. The molecule has 2 aromatic carbocycles. The number of carbonyl (C=O) groups excluding carboxylic acids is 2. The Morgan fingerprint density at radius 3 is 2.37 bits per heavy atom. The lowest BCUT2D eigenvalue weighted by molar-refractivity contribution is -0.115. The lowest BCUT2D eigenvalue weighted by Crippen LogP contribution is -2.22. The minimum absolute atomic E-state index is 0.0581. The van der Waals surface area contributed by atoms with Gasteiger partial charge in [-0.3, -0.25) is 9.69 Å². The second kappa shape index (κ2) is 8.52. The molecule has 0 spiro atoms. The van der Waals surface area contributed by atoms with E-state index >= 15 is 0 Å². The number of ether oxygens (including phenoxy) is 1. The third-order valence-corrected chi connectivity index (χ3v) is 5.08. The molecule has 0 unspecified atom stereocenters. The molecule has 1 aromatic heterocycles. The normalized spacial score (nSPS) is 10.5. The smallest absolute Gasteiger partial charge is 0.341 e. The number of carbonyl (C=O) groups is 2. The quantitative estimate of drug-likeness (QED) is 0.511. The van der Waals surface area contributed by atoms with E-state index in [0.717, 1.165) is 0 Å². The summed E-state index contributed by atoms with van der Waals surface area (Å²) in [7, 11) is 0. The number of anilines is 2. The van der Waals surface area contributed by atoms with Crippen molar-refractivity contribution in [1.29, 1.82) is 0 Å². The molecule has 27 heavy (non-hydrogen) atoms. The first-order chi connectivity index (χ1) is 13.0. The summed E-state index contributed by atoms with van der Waals surface area (Å²) in [5.74, 6) is -0.798. The predicted octanol–water partition coefficient (Wildman–Crippen LogP) is 5.49. The van der Waals surface area contributed by atoms with Crippen LogP contribution in [0.3, 0.4) is 0 Å². The fraction of sp³-hybridized carbons (Fsp3) is 0.105. The third kappa shape index (κ3) is 4.47. The molecule has 3 rings (SSSR count). The second-order valence-corrected chi connectivity index (χ2v) is 7.14. The molecular weight excluding hydrogens is 407 g/mol. The number of hydrogen-bond donors (Lipinski definition) is 0. The van der Waals surface area contributed by atoms with Gasteiger partial charge in [0.05, 0.1) is 27.0 Å². The van der Waals surface area contributed by atoms with E-state index in [0.29, 0.717) is 16.5 Å². The number of amides is 1. The number of esters is 1. The van der Waals surface area contributed by atoms with E-state index in [1.54, 1.807) is 23.6 Å². The van der Waals surface area contributed by atoms with Crippen LogP contribution in [0.4, 0.5) is 10.8 Å². The van der Waals surface area contributed by atoms with Gasteiger partial charge in [-0.25, -0.2) is 9.78 Å². The van der Waals surface area contributed by atoms with E-state index < -0.39 is 5.97 Å². The number of rotatable bonds is 5. The number of nitrogens with zero attached hydrogens (tertiary/aromatic N) is 2. The highest BCUT2D eigenvalue weighted by atomic mass is 35.5. The van der Waals surface area contributed by atoms with Crippen molar-refractivity contribution in [2.45, 2.75) is 13.5 Å². The standard InChI is InChI=1S/C19H14Cl2N2O3S/c1-12(24)23(14-6-3-2-4-7-14)19-22-13(11-27-19)10-26-18(25)17-15(20)8-5-9-16(17)21/h2-9,11H,10H2,1H3. The van der Waals surface area contributed by atoms with Crippen LogP contribution in [-0.2, 0) is 16.1 Å². The van der Waals surface area contributed by atoms with Crippen LogP contribution in [0.2, 0.25) is 10.0 Å². The fourth-order valence-electron chi connectivity index (χ4n) is 2.37. The van der Waals surface area contributed by atoms with Gasteiger partial charge in [-0.1, -0.05) is 47.5 Å². The average molecular weight is 421 g/mol. The Morgan fingerprint density at radius 1 is 1.07 bits per heavy atom. The molecule has 0 aliphatic carbocycles. The van der Waals surface area contributed by atoms with Gasteiger partial charge in [-0.15, -0.1) is 11.3 Å². The van der Waals surface area contributed by atoms with Gasteiger partial charge in [0, 0.05) is 12.3 Å². The van der Waals surface area contributed by atoms with Crippen molar-refractivity contribution in [2.75, 3.05) is 4.90 Å². The Kier molecular flexibility index (Phi) is 6.11. The largest absolute Gasteiger partial charge is 0.455 e. The molecule has 0 bridgehead atoms. The summed E-state index contributed by atoms with van der Waals surface area (Å²) in [6, 6.07) is 14.0. The van der Waals surface area contributed by atoms with E-state index in [9.17, 15) is 9.59 Å². The van der Waals surface area contributed by atoms with Gasteiger partial charge in [0.2, 0.25) is 5.91 Å². The predicted molar refractivity (Wildman–Crippen MR) is 107 cm³/mol. The summed E-state index contributed by atoms with van der Waals surface area (Å²) in [5.41, 5.74) is 1.35. The highest BCUT2D eigenvalue weighted by molar-refractivity contribution is 7.14. The molecule has 0 saturated carbocycles. The van der Waals surface area contributed by atoms with Gasteiger partial charge in [0.1, 0.15) is 6.61 Å². The molecule has 0 aliphatic heterocycles. The van der Waals surface area contributed by atoms with Crippen LogP contribution in [0.1, 0.15) is 23.0 Å². The van der Waals surface area contributed by atoms with Gasteiger partial charge in [0.25, 0.3) is 0 Å². The monoisotopic (exact) mass is 420 g/mol. The van der Waals surface area contributed by atoms with E-state index in [4.69, 9.17) is 27.9 Å². The van der Waals surface area contributed by atoms with Gasteiger partial charge < -0.3 is 4.74 Å². The molecule has 1 amide bonds. The van der Waals surface area contributed by atoms with Gasteiger partial charge in [-0.2, -0.15) is 0 Å². The lowest BCUT2D eigenvalue weighted by atomic mass is 10.2. The third-order valence-electron chi connectivity index (χ3n) is 3.58. The summed E-state index contributed by atoms with van der Waals surface area (Å²) < 4.78 is 5.27. The Bertz CT molecular complexity index is 956. The lowest BCUT2D eigenvalue weighted by Gasteiger charge is -2.17. The van der Waals surface area contributed by atoms with Crippen molar-refractivity contribution in [1.82, 2.24) is 4.98 Å². The zero-order valence-corrected chi connectivity index (χ0v) is 16.5. The number of halogens is 2. The number of aromatic nitrogens is 1. The summed E-state index contributed by atoms with van der Waals surface area (Å²) in [6.07, 6.45) is 0. The highest BCUT2D eigenvalue weighted by Crippen LogP contribution is 2.29. The van der Waals surface area contributed by atoms with Crippen LogP contribution < -0.4 is 4.90 Å². The first-order valence-corrected chi connectivity index (χ1v) is 9.52. The van der Waals surface area contributed by atoms with Crippen LogP contribution in [0.25, 0.3) is 0 Å². The zero-order chi connectivity index (χ0) is 19.4. The summed E-state index contributed by atoms with van der Waals surface area (Å²) >= 11 is 13.3. The maximum absolute atomic E-state index is 12.3. The van der Waals surface area contributed by atoms with E-state index in [2.05, 4.69) is 4.98 Å². The molecule has 1 heterocycles. The Hall–Kier alpha value is -2.41. The minimum atomic E-state index is -0.633. The molecule has 0 aliphatic rings. The fourth-order valence-corrected chi connectivity index (χ4v) is 3.80. The van der Waals surface area contributed by atoms with E-state index in [1.807, 2.05) is 30.3 Å². The van der Waals surface area contributed by atoms with Crippen molar-refractivity contribution in [3.8, 4) is 0 Å². The summed E-state index contributed by atoms with van der Waals surface area (Å²) in [4.78, 5) is 30.2. The number of thiazole rings is 1. The van der Waals surface area contributed by atoms with Crippen LogP contribution in [0.15, 0.2) is 53.9 Å². The molecule has 138 valence electrons. The van der Waals surface area contributed by atoms with Gasteiger partial charge in [-0.05, 0) is 24.3 Å². The Balaban J connectivity index is 1.74. The summed E-state index contributed by atoms with van der Waals surface area (Å²) in [5, 5.41) is 2.67. The molecule has 0 fully saturated rings. The van der Waals surface area contributed by atoms with Gasteiger partial charge in [0.15, 0.2) is 5.13 Å². The second-order valence-electron chi connectivity index (χ2n) is 5.48. The molecule has 5 nitrogen and oxygen atoms in total.